The molecule has 1 fully saturated rings. The van der Waals surface area contributed by atoms with Gasteiger partial charge in [0.05, 0.1) is 20.2 Å². The zero-order valence-corrected chi connectivity index (χ0v) is 16.3. The maximum absolute atomic E-state index is 12.5. The second kappa shape index (κ2) is 8.60. The molecule has 1 saturated heterocycles. The number of alkyl carbamates (subject to hydrolysis) is 1. The minimum atomic E-state index is -0.667. The minimum absolute atomic E-state index is 0.136. The molecule has 0 unspecified atom stereocenters. The number of ether oxygens (including phenoxy) is 2. The molecule has 1 aliphatic rings. The number of methoxy groups -OCH3 is 1. The molecule has 1 atom stereocenters. The molecule has 0 bridgehead atoms. The topological polar surface area (TPSA) is 111 Å². The van der Waals surface area contributed by atoms with E-state index in [0.717, 1.165) is 16.9 Å². The van der Waals surface area contributed by atoms with Crippen LogP contribution in [0.1, 0.15) is 11.1 Å². The molecule has 1 aliphatic heterocycles. The Balaban J connectivity index is 1.31. The summed E-state index contributed by atoms with van der Waals surface area (Å²) in [5.41, 5.74) is 1.82. The van der Waals surface area contributed by atoms with Crippen molar-refractivity contribution in [3.63, 3.8) is 0 Å². The van der Waals surface area contributed by atoms with Crippen LogP contribution in [-0.2, 0) is 22.7 Å². The van der Waals surface area contributed by atoms with Crippen molar-refractivity contribution >= 4 is 17.9 Å². The predicted molar refractivity (Wildman–Crippen MR) is 106 cm³/mol. The van der Waals surface area contributed by atoms with Crippen molar-refractivity contribution in [2.45, 2.75) is 19.2 Å². The molecule has 0 aliphatic carbocycles. The smallest absolute Gasteiger partial charge is 0.408 e. The first-order valence-corrected chi connectivity index (χ1v) is 9.32. The van der Waals surface area contributed by atoms with Crippen molar-refractivity contribution in [2.75, 3.05) is 18.6 Å². The Labute approximate surface area is 172 Å². The minimum Gasteiger partial charge on any atom is -0.497 e. The molecule has 1 N–H and O–H groups in total. The van der Waals surface area contributed by atoms with Crippen molar-refractivity contribution in [1.82, 2.24) is 25.5 Å². The van der Waals surface area contributed by atoms with Gasteiger partial charge in [-0.3, -0.25) is 9.69 Å². The fraction of sp³-hybridized carbons (Fsp3) is 0.250. The third kappa shape index (κ3) is 4.22. The summed E-state index contributed by atoms with van der Waals surface area (Å²) in [6.07, 6.45) is -0.644. The van der Waals surface area contributed by atoms with Gasteiger partial charge in [0.25, 0.3) is 11.9 Å². The number of carbonyl (C=O) groups excluding carboxylic acids is 2. The lowest BCUT2D eigenvalue weighted by molar-refractivity contribution is -0.124. The Morgan fingerprint density at radius 1 is 1.13 bits per heavy atom. The van der Waals surface area contributed by atoms with E-state index in [4.69, 9.17) is 9.47 Å². The van der Waals surface area contributed by atoms with E-state index < -0.39 is 12.1 Å². The fourth-order valence-electron chi connectivity index (χ4n) is 3.02. The van der Waals surface area contributed by atoms with Crippen LogP contribution < -0.4 is 15.0 Å². The Morgan fingerprint density at radius 2 is 1.90 bits per heavy atom. The molecule has 0 radical (unpaired) electrons. The summed E-state index contributed by atoms with van der Waals surface area (Å²) in [6, 6.07) is 16.1. The third-order valence-electron chi connectivity index (χ3n) is 4.68. The maximum Gasteiger partial charge on any atom is 0.408 e. The van der Waals surface area contributed by atoms with Gasteiger partial charge < -0.3 is 14.8 Å². The Bertz CT molecular complexity index is 1020. The van der Waals surface area contributed by atoms with Crippen molar-refractivity contribution in [3.05, 3.63) is 65.7 Å². The van der Waals surface area contributed by atoms with Gasteiger partial charge >= 0.3 is 6.09 Å². The van der Waals surface area contributed by atoms with Gasteiger partial charge in [-0.15, -0.1) is 0 Å². The molecule has 2 amide bonds. The number of nitrogens with zero attached hydrogens (tertiary/aromatic N) is 5. The number of tetrazole rings is 1. The predicted octanol–water partition coefficient (Wildman–Crippen LogP) is 1.37. The number of β-lactam (4-membered cyclic amide) rings is 1. The highest BCUT2D eigenvalue weighted by Crippen LogP contribution is 2.20. The number of carbonyl (C=O) groups is 2. The van der Waals surface area contributed by atoms with E-state index in [1.807, 2.05) is 54.6 Å². The molecule has 10 nitrogen and oxygen atoms in total. The van der Waals surface area contributed by atoms with E-state index >= 15 is 0 Å². The first-order chi connectivity index (χ1) is 14.6. The molecule has 30 heavy (non-hydrogen) atoms. The van der Waals surface area contributed by atoms with Gasteiger partial charge in [0.15, 0.2) is 0 Å². The average Bonchev–Trinajstić information content (AvgIpc) is 3.23. The van der Waals surface area contributed by atoms with Gasteiger partial charge in [0.2, 0.25) is 0 Å². The van der Waals surface area contributed by atoms with Crippen LogP contribution in [0.2, 0.25) is 0 Å². The van der Waals surface area contributed by atoms with Gasteiger partial charge in [-0.25, -0.2) is 9.48 Å². The fourth-order valence-corrected chi connectivity index (χ4v) is 3.02. The highest BCUT2D eigenvalue weighted by molar-refractivity contribution is 6.04. The first kappa shape index (κ1) is 19.4. The summed E-state index contributed by atoms with van der Waals surface area (Å²) in [4.78, 5) is 25.9. The number of amides is 2. The summed E-state index contributed by atoms with van der Waals surface area (Å²) in [6.45, 7) is 0.799. The molecule has 0 saturated carbocycles. The Hall–Kier alpha value is -3.95. The molecule has 2 heterocycles. The quantitative estimate of drug-likeness (QED) is 0.588. The van der Waals surface area contributed by atoms with Crippen LogP contribution in [0.5, 0.6) is 5.75 Å². The van der Waals surface area contributed by atoms with Gasteiger partial charge in [-0.1, -0.05) is 47.6 Å². The summed E-state index contributed by atoms with van der Waals surface area (Å²) in [7, 11) is 1.60. The van der Waals surface area contributed by atoms with Crippen molar-refractivity contribution in [1.29, 1.82) is 0 Å². The Morgan fingerprint density at radius 3 is 2.60 bits per heavy atom. The van der Waals surface area contributed by atoms with E-state index in [2.05, 4.69) is 20.8 Å². The number of anilines is 1. The second-order valence-electron chi connectivity index (χ2n) is 6.69. The SMILES string of the molecule is COc1ccc(Cn2nnnc2N2C[C@H](NC(=O)OCc3ccccc3)C2=O)cc1. The molecule has 2 aromatic carbocycles. The van der Waals surface area contributed by atoms with Gasteiger partial charge in [0, 0.05) is 0 Å². The number of rotatable bonds is 7. The van der Waals surface area contributed by atoms with Crippen molar-refractivity contribution < 1.29 is 19.1 Å². The van der Waals surface area contributed by atoms with E-state index in [0.29, 0.717) is 12.5 Å². The molecule has 4 rings (SSSR count). The number of hydrogen-bond acceptors (Lipinski definition) is 7. The van der Waals surface area contributed by atoms with Gasteiger partial charge in [-0.05, 0) is 33.7 Å². The summed E-state index contributed by atoms with van der Waals surface area (Å²) < 4.78 is 11.8. The van der Waals surface area contributed by atoms with Crippen LogP contribution in [0.15, 0.2) is 54.6 Å². The molecule has 10 heteroatoms. The zero-order valence-electron chi connectivity index (χ0n) is 16.3. The van der Waals surface area contributed by atoms with E-state index in [1.54, 1.807) is 7.11 Å². The van der Waals surface area contributed by atoms with Crippen LogP contribution in [-0.4, -0.2) is 51.9 Å². The largest absolute Gasteiger partial charge is 0.497 e. The third-order valence-corrected chi connectivity index (χ3v) is 4.68. The molecule has 3 aromatic rings. The number of nitrogens with one attached hydrogen (secondary N) is 1. The van der Waals surface area contributed by atoms with Crippen LogP contribution in [0.3, 0.4) is 0 Å². The Kier molecular flexibility index (Phi) is 5.55. The molecular weight excluding hydrogens is 388 g/mol. The molecule has 1 aromatic heterocycles. The van der Waals surface area contributed by atoms with E-state index in [-0.39, 0.29) is 19.1 Å². The molecule has 154 valence electrons. The lowest BCUT2D eigenvalue weighted by atomic mass is 10.1. The summed E-state index contributed by atoms with van der Waals surface area (Å²) in [5, 5.41) is 14.1. The summed E-state index contributed by atoms with van der Waals surface area (Å²) in [5.74, 6) is 0.783. The zero-order chi connectivity index (χ0) is 20.9. The normalized spacial score (nSPS) is 15.4. The van der Waals surface area contributed by atoms with Crippen LogP contribution in [0, 0.1) is 0 Å². The van der Waals surface area contributed by atoms with Gasteiger partial charge in [-0.2, -0.15) is 0 Å². The van der Waals surface area contributed by atoms with Crippen molar-refractivity contribution in [2.24, 2.45) is 0 Å². The van der Waals surface area contributed by atoms with E-state index in [1.165, 1.54) is 9.58 Å². The van der Waals surface area contributed by atoms with Crippen LogP contribution in [0.4, 0.5) is 10.7 Å². The highest BCUT2D eigenvalue weighted by Gasteiger charge is 2.41. The monoisotopic (exact) mass is 408 g/mol. The average molecular weight is 408 g/mol. The highest BCUT2D eigenvalue weighted by atomic mass is 16.5. The van der Waals surface area contributed by atoms with Crippen LogP contribution in [0.25, 0.3) is 0 Å². The van der Waals surface area contributed by atoms with Crippen molar-refractivity contribution in [3.8, 4) is 5.75 Å². The number of hydrogen-bond donors (Lipinski definition) is 1. The van der Waals surface area contributed by atoms with Crippen LogP contribution >= 0.6 is 0 Å². The maximum atomic E-state index is 12.5. The standard InChI is InChI=1S/C20H20N6O4/c1-29-16-9-7-14(8-10-16)11-26-19(22-23-24-26)25-12-17(18(25)27)21-20(28)30-13-15-5-3-2-4-6-15/h2-10,17H,11-13H2,1H3,(H,21,28)/t17-/m0/s1. The van der Waals surface area contributed by atoms with E-state index in [9.17, 15) is 9.59 Å². The summed E-state index contributed by atoms with van der Waals surface area (Å²) >= 11 is 0. The first-order valence-electron chi connectivity index (χ1n) is 9.32. The molecule has 0 spiro atoms. The number of aromatic nitrogens is 4. The molecular formula is C20H20N6O4. The second-order valence-corrected chi connectivity index (χ2v) is 6.69. The lowest BCUT2D eigenvalue weighted by Gasteiger charge is -2.36. The number of benzene rings is 2. The lowest BCUT2D eigenvalue weighted by Crippen LogP contribution is -2.64. The van der Waals surface area contributed by atoms with Gasteiger partial charge in [0.1, 0.15) is 18.4 Å².